The van der Waals surface area contributed by atoms with Gasteiger partial charge >= 0.3 is 6.16 Å². The molecular formula is C24H50NO7P. The average molecular weight is 496 g/mol. The Labute approximate surface area is 202 Å². The van der Waals surface area contributed by atoms with Gasteiger partial charge in [0, 0.05) is 0 Å². The summed E-state index contributed by atoms with van der Waals surface area (Å²) in [6.45, 7) is 4.49. The second kappa shape index (κ2) is 19.6. The van der Waals surface area contributed by atoms with Crippen LogP contribution >= 0.6 is 7.82 Å². The number of quaternary nitrogens is 1. The maximum Gasteiger partial charge on any atom is 0.508 e. The van der Waals surface area contributed by atoms with Crippen LogP contribution in [0.1, 0.15) is 97.3 Å². The molecule has 9 heteroatoms. The largest absolute Gasteiger partial charge is 0.756 e. The number of unbranched alkanes of at least 4 members (excludes halogenated alkanes) is 11. The Bertz CT molecular complexity index is 525. The van der Waals surface area contributed by atoms with Crippen molar-refractivity contribution in [3.05, 3.63) is 0 Å². The number of hydrogen-bond acceptors (Lipinski definition) is 7. The lowest BCUT2D eigenvalue weighted by molar-refractivity contribution is -0.870. The van der Waals surface area contributed by atoms with E-state index in [1.807, 2.05) is 21.1 Å². The molecule has 0 amide bonds. The summed E-state index contributed by atoms with van der Waals surface area (Å²) in [5, 5.41) is 0. The van der Waals surface area contributed by atoms with E-state index in [1.165, 1.54) is 57.8 Å². The molecule has 33 heavy (non-hydrogen) atoms. The lowest BCUT2D eigenvalue weighted by Gasteiger charge is -2.30. The molecule has 0 aliphatic rings. The van der Waals surface area contributed by atoms with Gasteiger partial charge < -0.3 is 27.9 Å². The molecule has 198 valence electrons. The fourth-order valence-electron chi connectivity index (χ4n) is 3.34. The Balaban J connectivity index is 4.21. The molecule has 0 saturated heterocycles. The van der Waals surface area contributed by atoms with Crippen LogP contribution in [-0.4, -0.2) is 64.3 Å². The van der Waals surface area contributed by atoms with Crippen molar-refractivity contribution in [2.24, 2.45) is 0 Å². The zero-order chi connectivity index (χ0) is 25.0. The summed E-state index contributed by atoms with van der Waals surface area (Å²) >= 11 is 0. The summed E-state index contributed by atoms with van der Waals surface area (Å²) in [5.41, 5.74) is 0. The monoisotopic (exact) mass is 495 g/mol. The van der Waals surface area contributed by atoms with Crippen LogP contribution in [0.25, 0.3) is 0 Å². The van der Waals surface area contributed by atoms with Crippen LogP contribution in [0.2, 0.25) is 0 Å². The molecule has 0 bridgehead atoms. The van der Waals surface area contributed by atoms with Crippen molar-refractivity contribution >= 4 is 14.0 Å². The second-order valence-corrected chi connectivity index (χ2v) is 11.1. The highest BCUT2D eigenvalue weighted by Gasteiger charge is 2.21. The van der Waals surface area contributed by atoms with Crippen LogP contribution in [0.5, 0.6) is 0 Å². The first-order valence-corrected chi connectivity index (χ1v) is 14.3. The molecule has 8 nitrogen and oxygen atoms in total. The highest BCUT2D eigenvalue weighted by molar-refractivity contribution is 7.45. The normalized spacial score (nSPS) is 14.6. The van der Waals surface area contributed by atoms with Gasteiger partial charge in [-0.25, -0.2) is 4.79 Å². The zero-order valence-corrected chi connectivity index (χ0v) is 22.7. The minimum absolute atomic E-state index is 0.0360. The molecule has 0 aromatic carbocycles. The fourth-order valence-corrected chi connectivity index (χ4v) is 4.24. The van der Waals surface area contributed by atoms with E-state index in [0.29, 0.717) is 17.4 Å². The van der Waals surface area contributed by atoms with Crippen LogP contribution in [0.4, 0.5) is 4.79 Å². The molecule has 0 spiro atoms. The van der Waals surface area contributed by atoms with Gasteiger partial charge in [0.15, 0.2) is 0 Å². The number of phosphoric acid groups is 1. The molecule has 2 atom stereocenters. The van der Waals surface area contributed by atoms with Crippen molar-refractivity contribution in [3.8, 4) is 0 Å². The van der Waals surface area contributed by atoms with Gasteiger partial charge in [-0.05, 0) is 13.3 Å². The fraction of sp³-hybridized carbons (Fsp3) is 0.958. The van der Waals surface area contributed by atoms with Crippen molar-refractivity contribution in [2.75, 3.05) is 47.5 Å². The Morgan fingerprint density at radius 1 is 0.848 bits per heavy atom. The number of rotatable bonds is 22. The predicted molar refractivity (Wildman–Crippen MR) is 130 cm³/mol. The minimum atomic E-state index is -4.49. The van der Waals surface area contributed by atoms with Gasteiger partial charge in [-0.3, -0.25) is 4.57 Å². The Hall–Kier alpha value is -0.660. The van der Waals surface area contributed by atoms with Gasteiger partial charge in [-0.15, -0.1) is 0 Å². The highest BCUT2D eigenvalue weighted by atomic mass is 31.2. The van der Waals surface area contributed by atoms with Crippen molar-refractivity contribution in [1.82, 2.24) is 0 Å². The lowest BCUT2D eigenvalue weighted by atomic mass is 10.0. The Morgan fingerprint density at radius 2 is 1.36 bits per heavy atom. The molecule has 0 fully saturated rings. The molecule has 0 aliphatic heterocycles. The molecule has 0 aromatic heterocycles. The molecule has 0 aromatic rings. The van der Waals surface area contributed by atoms with E-state index >= 15 is 0 Å². The van der Waals surface area contributed by atoms with Crippen LogP contribution in [-0.2, 0) is 23.1 Å². The number of phosphoric ester groups is 1. The van der Waals surface area contributed by atoms with Crippen LogP contribution in [0.15, 0.2) is 0 Å². The quantitative estimate of drug-likeness (QED) is 0.0807. The third-order valence-corrected chi connectivity index (χ3v) is 6.37. The van der Waals surface area contributed by atoms with Gasteiger partial charge in [0.2, 0.25) is 0 Å². The van der Waals surface area contributed by atoms with Gasteiger partial charge in [-0.2, -0.15) is 0 Å². The van der Waals surface area contributed by atoms with Crippen LogP contribution in [0, 0.1) is 0 Å². The molecule has 2 unspecified atom stereocenters. The topological polar surface area (TPSA) is 94.1 Å². The van der Waals surface area contributed by atoms with Crippen molar-refractivity contribution in [2.45, 2.75) is 103 Å². The smallest absolute Gasteiger partial charge is 0.508 e. The van der Waals surface area contributed by atoms with Gasteiger partial charge in [0.05, 0.1) is 27.7 Å². The third-order valence-electron chi connectivity index (χ3n) is 5.32. The summed E-state index contributed by atoms with van der Waals surface area (Å²) in [7, 11) is 1.36. The highest BCUT2D eigenvalue weighted by Crippen LogP contribution is 2.40. The van der Waals surface area contributed by atoms with E-state index < -0.39 is 20.1 Å². The van der Waals surface area contributed by atoms with E-state index in [2.05, 4.69) is 6.92 Å². The maximum atomic E-state index is 12.2. The first kappa shape index (κ1) is 32.3. The van der Waals surface area contributed by atoms with Crippen LogP contribution < -0.4 is 4.89 Å². The van der Waals surface area contributed by atoms with E-state index in [4.69, 9.17) is 18.5 Å². The first-order chi connectivity index (χ1) is 15.6. The second-order valence-electron chi connectivity index (χ2n) is 9.69. The summed E-state index contributed by atoms with van der Waals surface area (Å²) in [5.74, 6) is 0. The van der Waals surface area contributed by atoms with Crippen LogP contribution in [0.3, 0.4) is 0 Å². The lowest BCUT2D eigenvalue weighted by Crippen LogP contribution is -2.37. The number of likely N-dealkylation sites (N-methyl/N-ethyl adjacent to an activating group) is 1. The van der Waals surface area contributed by atoms with Gasteiger partial charge in [0.25, 0.3) is 7.82 Å². The maximum absolute atomic E-state index is 12.2. The first-order valence-electron chi connectivity index (χ1n) is 12.8. The number of ether oxygens (including phenoxy) is 2. The van der Waals surface area contributed by atoms with Gasteiger partial charge in [-0.1, -0.05) is 84.0 Å². The molecule has 0 saturated carbocycles. The van der Waals surface area contributed by atoms with Crippen molar-refractivity contribution < 1.29 is 37.3 Å². The Kier molecular flexibility index (Phi) is 19.2. The third kappa shape index (κ3) is 22.9. The predicted octanol–water partition coefficient (Wildman–Crippen LogP) is 5.83. The summed E-state index contributed by atoms with van der Waals surface area (Å²) in [6.07, 6.45) is 13.5. The zero-order valence-electron chi connectivity index (χ0n) is 21.9. The van der Waals surface area contributed by atoms with E-state index in [0.717, 1.165) is 19.3 Å². The standard InChI is InChI=1S/C24H50NO7P/c1-6-8-9-10-11-12-13-14-15-16-17-18-19-23(22-30-24(26)29-7-2)32-33(27,28)31-21-20-25(3,4)5/h23H,6-22H2,1-5H3. The summed E-state index contributed by atoms with van der Waals surface area (Å²) in [4.78, 5) is 23.7. The molecule has 0 rings (SSSR count). The summed E-state index contributed by atoms with van der Waals surface area (Å²) in [6, 6.07) is 0. The van der Waals surface area contributed by atoms with Crippen molar-refractivity contribution in [3.63, 3.8) is 0 Å². The average Bonchev–Trinajstić information content (AvgIpc) is 2.71. The SMILES string of the molecule is CCCCCCCCCCCCCCC(COC(=O)OCC)OP(=O)([O-])OCC[N+](C)(C)C. The number of carbonyl (C=O) groups excluding carboxylic acids is 1. The van der Waals surface area contributed by atoms with Crippen molar-refractivity contribution in [1.29, 1.82) is 0 Å². The number of nitrogens with zero attached hydrogens (tertiary/aromatic N) is 1. The van der Waals surface area contributed by atoms with E-state index in [1.54, 1.807) is 6.92 Å². The number of hydrogen-bond donors (Lipinski definition) is 0. The molecule has 0 aliphatic carbocycles. The van der Waals surface area contributed by atoms with Gasteiger partial charge in [0.1, 0.15) is 25.9 Å². The molecule has 0 radical (unpaired) electrons. The van der Waals surface area contributed by atoms with E-state index in [-0.39, 0.29) is 19.8 Å². The minimum Gasteiger partial charge on any atom is -0.756 e. The molecule has 0 heterocycles. The molecular weight excluding hydrogens is 445 g/mol. The van der Waals surface area contributed by atoms with E-state index in [9.17, 15) is 14.3 Å². The summed E-state index contributed by atoms with van der Waals surface area (Å²) < 4.78 is 32.8. The molecule has 0 N–H and O–H groups in total. The Morgan fingerprint density at radius 3 is 1.85 bits per heavy atom. The number of carbonyl (C=O) groups is 1.